The van der Waals surface area contributed by atoms with Crippen LogP contribution in [0.25, 0.3) is 0 Å². The van der Waals surface area contributed by atoms with Crippen LogP contribution in [0.2, 0.25) is 0 Å². The number of carbonyl (C=O) groups excluding carboxylic acids is 2. The molecule has 2 aromatic rings. The van der Waals surface area contributed by atoms with Gasteiger partial charge in [0.2, 0.25) is 5.91 Å². The summed E-state index contributed by atoms with van der Waals surface area (Å²) < 4.78 is 0. The Kier molecular flexibility index (Phi) is 9.79. The first-order valence-corrected chi connectivity index (χ1v) is 12.6. The summed E-state index contributed by atoms with van der Waals surface area (Å²) in [5, 5.41) is 6.14. The van der Waals surface area contributed by atoms with Gasteiger partial charge in [-0.3, -0.25) is 9.59 Å². The first-order valence-electron chi connectivity index (χ1n) is 12.6. The molecule has 2 N–H and O–H groups in total. The first-order chi connectivity index (χ1) is 16.1. The Bertz CT molecular complexity index is 891. The average Bonchev–Trinajstić information content (AvgIpc) is 3.36. The van der Waals surface area contributed by atoms with E-state index >= 15 is 0 Å². The Morgan fingerprint density at radius 1 is 0.939 bits per heavy atom. The fourth-order valence-corrected chi connectivity index (χ4v) is 4.42. The molecule has 2 amide bonds. The summed E-state index contributed by atoms with van der Waals surface area (Å²) in [7, 11) is 0. The molecule has 33 heavy (non-hydrogen) atoms. The Balaban J connectivity index is 1.66. The SMILES string of the molecule is CCCCCCCCC(=O)Nc1ccc(N2CCCC2)c(C(=O)NC(C)c2ccccc2)c1. The Hall–Kier alpha value is -2.82. The quantitative estimate of drug-likeness (QED) is 0.365. The molecule has 1 unspecified atom stereocenters. The van der Waals surface area contributed by atoms with Crippen LogP contribution in [0.5, 0.6) is 0 Å². The third-order valence-electron chi connectivity index (χ3n) is 6.38. The second kappa shape index (κ2) is 13.0. The number of hydrogen-bond donors (Lipinski definition) is 2. The van der Waals surface area contributed by atoms with E-state index in [1.165, 1.54) is 25.7 Å². The molecule has 0 saturated carbocycles. The fourth-order valence-electron chi connectivity index (χ4n) is 4.42. The van der Waals surface area contributed by atoms with Crippen molar-refractivity contribution in [1.29, 1.82) is 0 Å². The second-order valence-electron chi connectivity index (χ2n) is 9.10. The van der Waals surface area contributed by atoms with Crippen molar-refractivity contribution in [2.45, 2.75) is 77.7 Å². The van der Waals surface area contributed by atoms with Crippen LogP contribution in [-0.2, 0) is 4.79 Å². The Labute approximate surface area is 199 Å². The van der Waals surface area contributed by atoms with Crippen LogP contribution in [0.15, 0.2) is 48.5 Å². The van der Waals surface area contributed by atoms with Gasteiger partial charge in [-0.2, -0.15) is 0 Å². The third-order valence-corrected chi connectivity index (χ3v) is 6.38. The maximum absolute atomic E-state index is 13.3. The van der Waals surface area contributed by atoms with E-state index in [0.717, 1.165) is 50.0 Å². The molecule has 1 aliphatic heterocycles. The molecule has 0 radical (unpaired) electrons. The molecule has 1 heterocycles. The molecule has 5 nitrogen and oxygen atoms in total. The number of nitrogens with one attached hydrogen (secondary N) is 2. The summed E-state index contributed by atoms with van der Waals surface area (Å²) >= 11 is 0. The summed E-state index contributed by atoms with van der Waals surface area (Å²) in [6, 6.07) is 15.6. The number of hydrogen-bond acceptors (Lipinski definition) is 3. The minimum absolute atomic E-state index is 0.0171. The maximum Gasteiger partial charge on any atom is 0.253 e. The number of anilines is 2. The summed E-state index contributed by atoms with van der Waals surface area (Å²) in [5.41, 5.74) is 3.32. The van der Waals surface area contributed by atoms with Gasteiger partial charge in [0.1, 0.15) is 0 Å². The van der Waals surface area contributed by atoms with Gasteiger partial charge in [-0.05, 0) is 49.9 Å². The van der Waals surface area contributed by atoms with Gasteiger partial charge >= 0.3 is 0 Å². The highest BCUT2D eigenvalue weighted by Crippen LogP contribution is 2.28. The van der Waals surface area contributed by atoms with Crippen LogP contribution < -0.4 is 15.5 Å². The zero-order valence-corrected chi connectivity index (χ0v) is 20.2. The van der Waals surface area contributed by atoms with Crippen molar-refractivity contribution in [3.63, 3.8) is 0 Å². The minimum atomic E-state index is -0.111. The number of carbonyl (C=O) groups is 2. The molecule has 2 aromatic carbocycles. The van der Waals surface area contributed by atoms with E-state index in [4.69, 9.17) is 0 Å². The highest BCUT2D eigenvalue weighted by atomic mass is 16.2. The zero-order chi connectivity index (χ0) is 23.5. The van der Waals surface area contributed by atoms with Crippen LogP contribution in [0, 0.1) is 0 Å². The monoisotopic (exact) mass is 449 g/mol. The third kappa shape index (κ3) is 7.62. The van der Waals surface area contributed by atoms with E-state index in [-0.39, 0.29) is 17.9 Å². The smallest absolute Gasteiger partial charge is 0.253 e. The predicted molar refractivity (Wildman–Crippen MR) is 137 cm³/mol. The Morgan fingerprint density at radius 3 is 2.36 bits per heavy atom. The van der Waals surface area contributed by atoms with E-state index in [0.29, 0.717) is 17.7 Å². The van der Waals surface area contributed by atoms with E-state index in [9.17, 15) is 9.59 Å². The molecule has 0 spiro atoms. The van der Waals surface area contributed by atoms with Crippen LogP contribution in [0.3, 0.4) is 0 Å². The number of unbranched alkanes of at least 4 members (excludes halogenated alkanes) is 5. The highest BCUT2D eigenvalue weighted by Gasteiger charge is 2.21. The molecular weight excluding hydrogens is 410 g/mol. The highest BCUT2D eigenvalue weighted by molar-refractivity contribution is 6.02. The zero-order valence-electron chi connectivity index (χ0n) is 20.2. The number of rotatable bonds is 12. The van der Waals surface area contributed by atoms with Gasteiger partial charge in [0.25, 0.3) is 5.91 Å². The summed E-state index contributed by atoms with van der Waals surface area (Å²) in [6.45, 7) is 6.12. The van der Waals surface area contributed by atoms with E-state index in [2.05, 4.69) is 22.5 Å². The van der Waals surface area contributed by atoms with Gasteiger partial charge in [0.15, 0.2) is 0 Å². The lowest BCUT2D eigenvalue weighted by molar-refractivity contribution is -0.116. The van der Waals surface area contributed by atoms with Crippen molar-refractivity contribution in [3.05, 3.63) is 59.7 Å². The normalized spacial score (nSPS) is 14.2. The van der Waals surface area contributed by atoms with Crippen molar-refractivity contribution in [3.8, 4) is 0 Å². The molecule has 1 aliphatic rings. The summed E-state index contributed by atoms with van der Waals surface area (Å²) in [6.07, 6.45) is 9.72. The predicted octanol–water partition coefficient (Wildman–Crippen LogP) is 6.47. The molecule has 1 fully saturated rings. The lowest BCUT2D eigenvalue weighted by Crippen LogP contribution is -2.29. The van der Waals surface area contributed by atoms with E-state index < -0.39 is 0 Å². The van der Waals surface area contributed by atoms with E-state index in [1.807, 2.05) is 55.5 Å². The molecule has 3 rings (SSSR count). The molecule has 0 aromatic heterocycles. The number of benzene rings is 2. The lowest BCUT2D eigenvalue weighted by Gasteiger charge is -2.23. The van der Waals surface area contributed by atoms with Gasteiger partial charge in [0, 0.05) is 30.9 Å². The molecular formula is C28H39N3O2. The minimum Gasteiger partial charge on any atom is -0.371 e. The standard InChI is InChI=1S/C28H39N3O2/c1-3-4-5-6-7-11-16-27(32)30-24-17-18-26(31-19-12-13-20-31)25(21-24)28(33)29-22(2)23-14-9-8-10-15-23/h8-10,14-15,17-18,21-22H,3-7,11-13,16,19-20H2,1-2H3,(H,29,33)(H,30,32). The summed E-state index contributed by atoms with van der Waals surface area (Å²) in [4.78, 5) is 28.0. The molecule has 1 atom stereocenters. The molecule has 178 valence electrons. The number of nitrogens with zero attached hydrogens (tertiary/aromatic N) is 1. The van der Waals surface area contributed by atoms with Crippen LogP contribution in [-0.4, -0.2) is 24.9 Å². The van der Waals surface area contributed by atoms with Gasteiger partial charge in [0.05, 0.1) is 11.6 Å². The Morgan fingerprint density at radius 2 is 1.64 bits per heavy atom. The maximum atomic E-state index is 13.3. The van der Waals surface area contributed by atoms with Crippen molar-refractivity contribution in [2.24, 2.45) is 0 Å². The fraction of sp³-hybridized carbons (Fsp3) is 0.500. The molecule has 0 bridgehead atoms. The molecule has 0 aliphatic carbocycles. The molecule has 1 saturated heterocycles. The molecule has 5 heteroatoms. The van der Waals surface area contributed by atoms with E-state index in [1.54, 1.807) is 0 Å². The largest absolute Gasteiger partial charge is 0.371 e. The number of amides is 2. The van der Waals surface area contributed by atoms with Crippen molar-refractivity contribution in [1.82, 2.24) is 5.32 Å². The second-order valence-corrected chi connectivity index (χ2v) is 9.10. The topological polar surface area (TPSA) is 61.4 Å². The lowest BCUT2D eigenvalue weighted by atomic mass is 10.1. The first kappa shape index (κ1) is 24.8. The van der Waals surface area contributed by atoms with Gasteiger partial charge in [-0.15, -0.1) is 0 Å². The van der Waals surface area contributed by atoms with Gasteiger partial charge in [-0.25, -0.2) is 0 Å². The van der Waals surface area contributed by atoms with Crippen LogP contribution >= 0.6 is 0 Å². The average molecular weight is 450 g/mol. The van der Waals surface area contributed by atoms with Crippen molar-refractivity contribution < 1.29 is 9.59 Å². The van der Waals surface area contributed by atoms with Gasteiger partial charge in [-0.1, -0.05) is 69.4 Å². The van der Waals surface area contributed by atoms with Gasteiger partial charge < -0.3 is 15.5 Å². The summed E-state index contributed by atoms with van der Waals surface area (Å²) in [5.74, 6) is -0.0938. The van der Waals surface area contributed by atoms with Crippen molar-refractivity contribution in [2.75, 3.05) is 23.3 Å². The van der Waals surface area contributed by atoms with Crippen LogP contribution in [0.4, 0.5) is 11.4 Å². The van der Waals surface area contributed by atoms with Crippen LogP contribution in [0.1, 0.15) is 93.6 Å². The van der Waals surface area contributed by atoms with Crippen molar-refractivity contribution >= 4 is 23.2 Å².